The van der Waals surface area contributed by atoms with Crippen molar-refractivity contribution in [2.24, 2.45) is 0 Å². The number of aromatic nitrogens is 2. The van der Waals surface area contributed by atoms with Crippen LogP contribution >= 0.6 is 0 Å². The number of ether oxygens (including phenoxy) is 1. The zero-order chi connectivity index (χ0) is 25.1. The minimum absolute atomic E-state index is 0.213. The summed E-state index contributed by atoms with van der Waals surface area (Å²) in [5, 5.41) is 10.8. The molecule has 2 aromatic heterocycles. The molecule has 0 spiro atoms. The van der Waals surface area contributed by atoms with Gasteiger partial charge in [0.25, 0.3) is 0 Å². The number of carbonyl (C=O) groups excluding carboxylic acids is 1. The van der Waals surface area contributed by atoms with Crippen molar-refractivity contribution >= 4 is 23.1 Å². The lowest BCUT2D eigenvalue weighted by atomic mass is 9.97. The summed E-state index contributed by atoms with van der Waals surface area (Å²) in [6, 6.07) is 15.5. The van der Waals surface area contributed by atoms with Crippen molar-refractivity contribution in [1.29, 1.82) is 5.26 Å². The predicted octanol–water partition coefficient (Wildman–Crippen LogP) is 6.02. The van der Waals surface area contributed by atoms with Crippen LogP contribution in [0.5, 0.6) is 0 Å². The van der Waals surface area contributed by atoms with E-state index in [1.54, 1.807) is 31.2 Å². The van der Waals surface area contributed by atoms with Crippen LogP contribution in [0.2, 0.25) is 0 Å². The van der Waals surface area contributed by atoms with Crippen molar-refractivity contribution in [2.75, 3.05) is 6.61 Å². The van der Waals surface area contributed by atoms with Crippen molar-refractivity contribution in [1.82, 2.24) is 9.55 Å². The fourth-order valence-electron chi connectivity index (χ4n) is 4.32. The number of halogens is 2. The maximum Gasteiger partial charge on any atom is 0.330 e. The van der Waals surface area contributed by atoms with Crippen LogP contribution in [0.3, 0.4) is 0 Å². The molecule has 0 saturated heterocycles. The number of carbonyl (C=O) groups is 1. The summed E-state index contributed by atoms with van der Waals surface area (Å²) in [6.45, 7) is 5.67. The topological polar surface area (TPSA) is 67.9 Å². The smallest absolute Gasteiger partial charge is 0.330 e. The Morgan fingerprint density at radius 2 is 1.66 bits per heavy atom. The third kappa shape index (κ3) is 4.69. The molecule has 0 saturated carbocycles. The third-order valence-electron chi connectivity index (χ3n) is 5.72. The van der Waals surface area contributed by atoms with Crippen LogP contribution in [0.15, 0.2) is 60.7 Å². The van der Waals surface area contributed by atoms with Crippen molar-refractivity contribution in [3.8, 4) is 6.07 Å². The first-order chi connectivity index (χ1) is 16.8. The molecule has 0 unspecified atom stereocenters. The van der Waals surface area contributed by atoms with Crippen LogP contribution in [-0.4, -0.2) is 22.1 Å². The van der Waals surface area contributed by atoms with Crippen LogP contribution in [0, 0.1) is 36.8 Å². The predicted molar refractivity (Wildman–Crippen MR) is 130 cm³/mol. The van der Waals surface area contributed by atoms with Crippen LogP contribution < -0.4 is 0 Å². The van der Waals surface area contributed by atoms with Crippen LogP contribution in [0.25, 0.3) is 17.1 Å². The molecular weight excluding hydrogens is 448 g/mol. The van der Waals surface area contributed by atoms with E-state index in [1.165, 1.54) is 36.4 Å². The lowest BCUT2D eigenvalue weighted by Crippen LogP contribution is -2.15. The molecule has 0 amide bonds. The minimum atomic E-state index is -0.587. The second-order valence-corrected chi connectivity index (χ2v) is 8.11. The van der Waals surface area contributed by atoms with E-state index in [1.807, 2.05) is 24.5 Å². The summed E-state index contributed by atoms with van der Waals surface area (Å²) in [6.07, 6.45) is 2.80. The number of aryl methyl sites for hydroxylation is 2. The van der Waals surface area contributed by atoms with E-state index in [9.17, 15) is 18.8 Å². The van der Waals surface area contributed by atoms with E-state index in [0.717, 1.165) is 11.3 Å². The van der Waals surface area contributed by atoms with Gasteiger partial charge in [0.05, 0.1) is 23.9 Å². The summed E-state index contributed by atoms with van der Waals surface area (Å²) in [5.41, 5.74) is 4.32. The molecular formula is C28H23F2N3O2. The van der Waals surface area contributed by atoms with Gasteiger partial charge in [-0.05, 0) is 73.9 Å². The molecule has 0 aliphatic rings. The fraction of sp³-hybridized carbons (Fsp3) is 0.179. The number of hydrogen-bond acceptors (Lipinski definition) is 4. The largest absolute Gasteiger partial charge is 0.463 e. The first kappa shape index (κ1) is 23.8. The Morgan fingerprint density at radius 1 is 1.09 bits per heavy atom. The van der Waals surface area contributed by atoms with Gasteiger partial charge in [0, 0.05) is 17.2 Å². The molecule has 4 aromatic rings. The van der Waals surface area contributed by atoms with Crippen molar-refractivity contribution in [2.45, 2.75) is 26.8 Å². The lowest BCUT2D eigenvalue weighted by Gasteiger charge is -2.23. The first-order valence-electron chi connectivity index (χ1n) is 11.1. The number of nitriles is 1. The number of benzene rings is 2. The van der Waals surface area contributed by atoms with Gasteiger partial charge in [-0.3, -0.25) is 0 Å². The molecule has 176 valence electrons. The highest BCUT2D eigenvalue weighted by atomic mass is 19.1. The number of fused-ring (bicyclic) bond motifs is 1. The van der Waals surface area contributed by atoms with Crippen LogP contribution in [0.1, 0.15) is 46.6 Å². The van der Waals surface area contributed by atoms with E-state index in [-0.39, 0.29) is 6.61 Å². The Bertz CT molecular complexity index is 1420. The summed E-state index contributed by atoms with van der Waals surface area (Å²) in [4.78, 5) is 16.9. The Balaban J connectivity index is 2.11. The van der Waals surface area contributed by atoms with Crippen LogP contribution in [0.4, 0.5) is 8.78 Å². The summed E-state index contributed by atoms with van der Waals surface area (Å²) < 4.78 is 34.5. The number of esters is 1. The highest BCUT2D eigenvalue weighted by Crippen LogP contribution is 2.37. The van der Waals surface area contributed by atoms with Gasteiger partial charge in [-0.2, -0.15) is 5.26 Å². The quantitative estimate of drug-likeness (QED) is 0.255. The van der Waals surface area contributed by atoms with E-state index in [2.05, 4.69) is 6.07 Å². The maximum atomic E-state index is 13.8. The van der Waals surface area contributed by atoms with Crippen molar-refractivity contribution in [3.05, 3.63) is 106 Å². The van der Waals surface area contributed by atoms with Gasteiger partial charge in [-0.25, -0.2) is 18.6 Å². The first-order valence-corrected chi connectivity index (χ1v) is 11.1. The molecule has 0 aliphatic carbocycles. The molecule has 7 heteroatoms. The molecule has 0 radical (unpaired) electrons. The summed E-state index contributed by atoms with van der Waals surface area (Å²) in [7, 11) is 0. The SMILES string of the molecule is CCOC(=O)C=Cc1c(C#N)c2c(C)cc(C)nc2n1C(c1ccc(F)cc1)c1ccc(F)cc1. The zero-order valence-electron chi connectivity index (χ0n) is 19.5. The molecule has 0 atom stereocenters. The molecule has 5 nitrogen and oxygen atoms in total. The maximum absolute atomic E-state index is 13.8. The zero-order valence-corrected chi connectivity index (χ0v) is 19.5. The number of hydrogen-bond donors (Lipinski definition) is 0. The standard InChI is InChI=1S/C28H23F2N3O2/c1-4-35-25(34)14-13-24-23(16-31)26-17(2)15-18(3)32-28(26)33(24)27(19-5-9-21(29)10-6-19)20-7-11-22(30)12-8-20/h5-15,27H,4H2,1-3H3. The molecule has 2 heterocycles. The molecule has 35 heavy (non-hydrogen) atoms. The number of pyridine rings is 1. The molecule has 0 N–H and O–H groups in total. The Kier molecular flexibility index (Phi) is 6.74. The van der Waals surface area contributed by atoms with E-state index in [4.69, 9.17) is 9.72 Å². The van der Waals surface area contributed by atoms with Crippen molar-refractivity contribution < 1.29 is 18.3 Å². The minimum Gasteiger partial charge on any atom is -0.463 e. The molecule has 4 rings (SSSR count). The fourth-order valence-corrected chi connectivity index (χ4v) is 4.32. The Morgan fingerprint density at radius 3 is 2.17 bits per heavy atom. The van der Waals surface area contributed by atoms with E-state index in [0.29, 0.717) is 33.4 Å². The van der Waals surface area contributed by atoms with E-state index >= 15 is 0 Å². The Labute approximate surface area is 201 Å². The van der Waals surface area contributed by atoms with Gasteiger partial charge < -0.3 is 9.30 Å². The van der Waals surface area contributed by atoms with Crippen LogP contribution in [-0.2, 0) is 9.53 Å². The highest BCUT2D eigenvalue weighted by molar-refractivity contribution is 5.94. The highest BCUT2D eigenvalue weighted by Gasteiger charge is 2.27. The number of rotatable bonds is 6. The van der Waals surface area contributed by atoms with Gasteiger partial charge in [-0.1, -0.05) is 24.3 Å². The molecule has 2 aromatic carbocycles. The van der Waals surface area contributed by atoms with Crippen molar-refractivity contribution in [3.63, 3.8) is 0 Å². The van der Waals surface area contributed by atoms with Gasteiger partial charge in [0.15, 0.2) is 0 Å². The second-order valence-electron chi connectivity index (χ2n) is 8.11. The monoisotopic (exact) mass is 471 g/mol. The average molecular weight is 472 g/mol. The molecule has 0 bridgehead atoms. The number of nitrogens with zero attached hydrogens (tertiary/aromatic N) is 3. The van der Waals surface area contributed by atoms with Gasteiger partial charge in [0.2, 0.25) is 0 Å². The van der Waals surface area contributed by atoms with Gasteiger partial charge in [-0.15, -0.1) is 0 Å². The molecule has 0 aliphatic heterocycles. The van der Waals surface area contributed by atoms with Gasteiger partial charge >= 0.3 is 5.97 Å². The normalized spacial score (nSPS) is 11.3. The Hall–Kier alpha value is -4.31. The third-order valence-corrected chi connectivity index (χ3v) is 5.72. The lowest BCUT2D eigenvalue weighted by molar-refractivity contribution is -0.137. The van der Waals surface area contributed by atoms with E-state index < -0.39 is 23.6 Å². The molecule has 0 fully saturated rings. The summed E-state index contributed by atoms with van der Waals surface area (Å²) >= 11 is 0. The van der Waals surface area contributed by atoms with Gasteiger partial charge in [0.1, 0.15) is 23.4 Å². The summed E-state index contributed by atoms with van der Waals surface area (Å²) in [5.74, 6) is -1.34. The average Bonchev–Trinajstić information content (AvgIpc) is 3.13. The second kappa shape index (κ2) is 9.90.